The molecule has 1 aromatic carbocycles. The first-order chi connectivity index (χ1) is 7.74. The van der Waals surface area contributed by atoms with Crippen molar-refractivity contribution < 1.29 is 4.79 Å². The molecule has 0 saturated heterocycles. The monoisotopic (exact) mass is 216 g/mol. The molecular formula is C13H16N2O. The molecule has 1 atom stereocenters. The van der Waals surface area contributed by atoms with Gasteiger partial charge in [0.05, 0.1) is 5.92 Å². The van der Waals surface area contributed by atoms with Gasteiger partial charge >= 0.3 is 0 Å². The Balaban J connectivity index is 2.19. The topological polar surface area (TPSA) is 32.3 Å². The second-order valence-electron chi connectivity index (χ2n) is 4.03. The molecule has 0 bridgehead atoms. The highest BCUT2D eigenvalue weighted by Crippen LogP contribution is 2.31. The van der Waals surface area contributed by atoms with Gasteiger partial charge in [-0.1, -0.05) is 24.3 Å². The van der Waals surface area contributed by atoms with Gasteiger partial charge < -0.3 is 10.2 Å². The van der Waals surface area contributed by atoms with Crippen LogP contribution in [0.3, 0.4) is 0 Å². The van der Waals surface area contributed by atoms with E-state index in [1.165, 1.54) is 0 Å². The molecule has 1 N–H and O–H groups in total. The van der Waals surface area contributed by atoms with Crippen molar-refractivity contribution in [2.75, 3.05) is 25.5 Å². The van der Waals surface area contributed by atoms with Gasteiger partial charge in [0.15, 0.2) is 0 Å². The number of likely N-dealkylation sites (N-methyl/N-ethyl adjacent to an activating group) is 1. The number of carbonyl (C=O) groups is 1. The average Bonchev–Trinajstić information content (AvgIpc) is 2.72. The molecular weight excluding hydrogens is 200 g/mol. The molecule has 1 aromatic rings. The van der Waals surface area contributed by atoms with Gasteiger partial charge in [0.25, 0.3) is 0 Å². The summed E-state index contributed by atoms with van der Waals surface area (Å²) in [4.78, 5) is 13.8. The zero-order chi connectivity index (χ0) is 11.5. The van der Waals surface area contributed by atoms with Crippen LogP contribution in [0.4, 0.5) is 5.69 Å². The maximum Gasteiger partial charge on any atom is 0.232 e. The summed E-state index contributed by atoms with van der Waals surface area (Å²) in [7, 11) is 1.81. The van der Waals surface area contributed by atoms with Gasteiger partial charge in [-0.3, -0.25) is 4.79 Å². The normalized spacial score (nSPS) is 17.4. The second-order valence-corrected chi connectivity index (χ2v) is 4.03. The van der Waals surface area contributed by atoms with Crippen LogP contribution in [-0.4, -0.2) is 30.9 Å². The lowest BCUT2D eigenvalue weighted by atomic mass is 10.00. The van der Waals surface area contributed by atoms with E-state index in [1.54, 1.807) is 11.0 Å². The minimum Gasteiger partial charge on any atom is -0.384 e. The summed E-state index contributed by atoms with van der Waals surface area (Å²) >= 11 is 0. The molecule has 1 heterocycles. The zero-order valence-corrected chi connectivity index (χ0v) is 9.44. The number of hydrogen-bond acceptors (Lipinski definition) is 2. The Morgan fingerprint density at radius 2 is 2.38 bits per heavy atom. The number of para-hydroxylation sites is 1. The molecule has 0 fully saturated rings. The van der Waals surface area contributed by atoms with Gasteiger partial charge in [0, 0.05) is 25.8 Å². The Morgan fingerprint density at radius 3 is 3.12 bits per heavy atom. The lowest BCUT2D eigenvalue weighted by Gasteiger charge is -2.19. The van der Waals surface area contributed by atoms with Crippen molar-refractivity contribution in [3.05, 3.63) is 42.5 Å². The highest BCUT2D eigenvalue weighted by molar-refractivity contribution is 5.88. The fourth-order valence-corrected chi connectivity index (χ4v) is 2.05. The SMILES string of the molecule is C=CCN(C)C(=O)C1CNc2ccccc21. The summed E-state index contributed by atoms with van der Waals surface area (Å²) in [6, 6.07) is 7.97. The van der Waals surface area contributed by atoms with Gasteiger partial charge in [-0.25, -0.2) is 0 Å². The van der Waals surface area contributed by atoms with E-state index in [0.717, 1.165) is 11.3 Å². The predicted octanol–water partition coefficient (Wildman–Crippen LogP) is 1.84. The van der Waals surface area contributed by atoms with Crippen LogP contribution >= 0.6 is 0 Å². The molecule has 2 rings (SSSR count). The molecule has 1 aliphatic heterocycles. The van der Waals surface area contributed by atoms with Crippen LogP contribution in [0.5, 0.6) is 0 Å². The van der Waals surface area contributed by atoms with E-state index in [9.17, 15) is 4.79 Å². The summed E-state index contributed by atoms with van der Waals surface area (Å²) in [5, 5.41) is 3.25. The number of anilines is 1. The number of hydrogen-bond donors (Lipinski definition) is 1. The molecule has 84 valence electrons. The average molecular weight is 216 g/mol. The maximum absolute atomic E-state index is 12.1. The van der Waals surface area contributed by atoms with Crippen molar-refractivity contribution in [3.8, 4) is 0 Å². The molecule has 16 heavy (non-hydrogen) atoms. The number of rotatable bonds is 3. The predicted molar refractivity (Wildman–Crippen MR) is 65.5 cm³/mol. The van der Waals surface area contributed by atoms with Gasteiger partial charge in [0.2, 0.25) is 5.91 Å². The van der Waals surface area contributed by atoms with Crippen LogP contribution in [0.2, 0.25) is 0 Å². The minimum absolute atomic E-state index is 0.0545. The van der Waals surface area contributed by atoms with Crippen LogP contribution in [0.1, 0.15) is 11.5 Å². The molecule has 0 saturated carbocycles. The lowest BCUT2D eigenvalue weighted by molar-refractivity contribution is -0.130. The van der Waals surface area contributed by atoms with Gasteiger partial charge in [-0.05, 0) is 11.6 Å². The fraction of sp³-hybridized carbons (Fsp3) is 0.308. The first-order valence-electron chi connectivity index (χ1n) is 5.42. The summed E-state index contributed by atoms with van der Waals surface area (Å²) in [5.41, 5.74) is 2.18. The van der Waals surface area contributed by atoms with E-state index in [1.807, 2.05) is 31.3 Å². The Hall–Kier alpha value is -1.77. The third kappa shape index (κ3) is 1.81. The third-order valence-electron chi connectivity index (χ3n) is 2.91. The lowest BCUT2D eigenvalue weighted by Crippen LogP contribution is -2.32. The Labute approximate surface area is 95.8 Å². The molecule has 3 nitrogen and oxygen atoms in total. The number of carbonyl (C=O) groups excluding carboxylic acids is 1. The highest BCUT2D eigenvalue weighted by Gasteiger charge is 2.29. The first kappa shape index (κ1) is 10.7. The summed E-state index contributed by atoms with van der Waals surface area (Å²) in [5.74, 6) is 0.0958. The first-order valence-corrected chi connectivity index (χ1v) is 5.42. The van der Waals surface area contributed by atoms with Gasteiger partial charge in [-0.2, -0.15) is 0 Å². The number of nitrogens with zero attached hydrogens (tertiary/aromatic N) is 1. The molecule has 3 heteroatoms. The van der Waals surface area contributed by atoms with Crippen molar-refractivity contribution in [2.45, 2.75) is 5.92 Å². The second kappa shape index (κ2) is 4.39. The van der Waals surface area contributed by atoms with Crippen molar-refractivity contribution in [1.29, 1.82) is 0 Å². The largest absolute Gasteiger partial charge is 0.384 e. The van der Waals surface area contributed by atoms with Crippen molar-refractivity contribution in [1.82, 2.24) is 4.90 Å². The highest BCUT2D eigenvalue weighted by atomic mass is 16.2. The summed E-state index contributed by atoms with van der Waals surface area (Å²) in [6.45, 7) is 4.93. The Kier molecular flexibility index (Phi) is 2.95. The molecule has 1 aliphatic rings. The third-order valence-corrected chi connectivity index (χ3v) is 2.91. The van der Waals surface area contributed by atoms with Crippen LogP contribution in [0.25, 0.3) is 0 Å². The standard InChI is InChI=1S/C13H16N2O/c1-3-8-15(2)13(16)11-9-14-12-7-5-4-6-10(11)12/h3-7,11,14H,1,8-9H2,2H3. The minimum atomic E-state index is -0.0545. The van der Waals surface area contributed by atoms with E-state index in [4.69, 9.17) is 0 Å². The smallest absolute Gasteiger partial charge is 0.232 e. The maximum atomic E-state index is 12.1. The van der Waals surface area contributed by atoms with Crippen LogP contribution < -0.4 is 5.32 Å². The molecule has 0 aliphatic carbocycles. The molecule has 1 unspecified atom stereocenters. The molecule has 0 aromatic heterocycles. The van der Waals surface area contributed by atoms with Crippen molar-refractivity contribution >= 4 is 11.6 Å². The van der Waals surface area contributed by atoms with Crippen molar-refractivity contribution in [3.63, 3.8) is 0 Å². The zero-order valence-electron chi connectivity index (χ0n) is 9.44. The quantitative estimate of drug-likeness (QED) is 0.782. The van der Waals surface area contributed by atoms with Crippen LogP contribution in [-0.2, 0) is 4.79 Å². The Bertz CT molecular complexity index is 414. The molecule has 1 amide bonds. The summed E-state index contributed by atoms with van der Waals surface area (Å²) < 4.78 is 0. The van der Waals surface area contributed by atoms with E-state index < -0.39 is 0 Å². The number of fused-ring (bicyclic) bond motifs is 1. The molecule has 0 spiro atoms. The van der Waals surface area contributed by atoms with E-state index in [-0.39, 0.29) is 11.8 Å². The Morgan fingerprint density at radius 1 is 1.62 bits per heavy atom. The molecule has 0 radical (unpaired) electrons. The van der Waals surface area contributed by atoms with Crippen LogP contribution in [0, 0.1) is 0 Å². The summed E-state index contributed by atoms with van der Waals surface area (Å²) in [6.07, 6.45) is 1.74. The fourth-order valence-electron chi connectivity index (χ4n) is 2.05. The number of benzene rings is 1. The van der Waals surface area contributed by atoms with E-state index in [2.05, 4.69) is 11.9 Å². The van der Waals surface area contributed by atoms with Gasteiger partial charge in [0.1, 0.15) is 0 Å². The number of nitrogens with one attached hydrogen (secondary N) is 1. The van der Waals surface area contributed by atoms with Gasteiger partial charge in [-0.15, -0.1) is 6.58 Å². The van der Waals surface area contributed by atoms with Crippen molar-refractivity contribution in [2.24, 2.45) is 0 Å². The van der Waals surface area contributed by atoms with E-state index in [0.29, 0.717) is 13.1 Å². The van der Waals surface area contributed by atoms with E-state index >= 15 is 0 Å². The van der Waals surface area contributed by atoms with Crippen LogP contribution in [0.15, 0.2) is 36.9 Å². The number of amides is 1.